The van der Waals surface area contributed by atoms with Gasteiger partial charge in [-0.1, -0.05) is 24.3 Å². The van der Waals surface area contributed by atoms with Gasteiger partial charge < -0.3 is 9.84 Å². The highest BCUT2D eigenvalue weighted by molar-refractivity contribution is 6.01. The maximum absolute atomic E-state index is 12.2. The van der Waals surface area contributed by atoms with E-state index in [0.717, 1.165) is 0 Å². The first-order valence-electron chi connectivity index (χ1n) is 6.05. The summed E-state index contributed by atoms with van der Waals surface area (Å²) in [4.78, 5) is 12.2. The summed E-state index contributed by atoms with van der Waals surface area (Å²) in [5.41, 5.74) is 0.350. The van der Waals surface area contributed by atoms with Crippen LogP contribution in [0.5, 0.6) is 11.5 Å². The third-order valence-electron chi connectivity index (χ3n) is 2.86. The Morgan fingerprint density at radius 3 is 2.89 bits per heavy atom. The Kier molecular flexibility index (Phi) is 3.82. The number of allylic oxidation sites excluding steroid dienone is 4. The van der Waals surface area contributed by atoms with E-state index < -0.39 is 0 Å². The van der Waals surface area contributed by atoms with Crippen molar-refractivity contribution in [2.75, 3.05) is 6.61 Å². The maximum atomic E-state index is 12.2. The number of phenols is 1. The van der Waals surface area contributed by atoms with Crippen molar-refractivity contribution in [2.45, 2.75) is 13.3 Å². The smallest absolute Gasteiger partial charge is 0.173 e. The fourth-order valence-corrected chi connectivity index (χ4v) is 1.95. The highest BCUT2D eigenvalue weighted by Gasteiger charge is 2.20. The van der Waals surface area contributed by atoms with Crippen LogP contribution in [0.1, 0.15) is 23.7 Å². The van der Waals surface area contributed by atoms with Gasteiger partial charge in [-0.25, -0.2) is 0 Å². The summed E-state index contributed by atoms with van der Waals surface area (Å²) in [5.74, 6) is 0.314. The maximum Gasteiger partial charge on any atom is 0.173 e. The van der Waals surface area contributed by atoms with E-state index in [-0.39, 0.29) is 17.5 Å². The van der Waals surface area contributed by atoms with Gasteiger partial charge in [-0.05, 0) is 25.5 Å². The van der Waals surface area contributed by atoms with E-state index >= 15 is 0 Å². The average Bonchev–Trinajstić information content (AvgIpc) is 2.40. The van der Waals surface area contributed by atoms with Crippen molar-refractivity contribution in [3.8, 4) is 11.5 Å². The number of phenolic OH excluding ortho intramolecular Hbond substituents is 1. The number of rotatable bonds is 4. The normalized spacial score (nSPS) is 17.7. The predicted octanol–water partition coefficient (Wildman–Crippen LogP) is 3.11. The molecule has 1 atom stereocenters. The van der Waals surface area contributed by atoms with Gasteiger partial charge in [0.15, 0.2) is 5.78 Å². The number of hydrogen-bond donors (Lipinski definition) is 1. The zero-order valence-electron chi connectivity index (χ0n) is 10.3. The quantitative estimate of drug-likeness (QED) is 0.828. The van der Waals surface area contributed by atoms with Crippen LogP contribution in [0.2, 0.25) is 0 Å². The highest BCUT2D eigenvalue weighted by atomic mass is 16.5. The number of aromatic hydroxyl groups is 1. The van der Waals surface area contributed by atoms with E-state index in [1.165, 1.54) is 6.07 Å². The molecule has 0 bridgehead atoms. The zero-order chi connectivity index (χ0) is 13.0. The van der Waals surface area contributed by atoms with Crippen molar-refractivity contribution in [1.29, 1.82) is 0 Å². The molecule has 1 N–H and O–H groups in total. The van der Waals surface area contributed by atoms with Gasteiger partial charge in [0.25, 0.3) is 0 Å². The van der Waals surface area contributed by atoms with Crippen LogP contribution in [0.4, 0.5) is 0 Å². The standard InChI is InChI=1S/C15H16O3/c1-2-18-12-8-9-13(14(16)10-12)15(17)11-6-4-3-5-7-11/h3-6,8-11,16H,2,7H2,1H3. The molecule has 0 radical (unpaired) electrons. The Balaban J connectivity index is 2.20. The third-order valence-corrected chi connectivity index (χ3v) is 2.86. The minimum atomic E-state index is -0.182. The summed E-state index contributed by atoms with van der Waals surface area (Å²) >= 11 is 0. The second-order valence-electron chi connectivity index (χ2n) is 4.13. The molecule has 0 saturated heterocycles. The summed E-state index contributed by atoms with van der Waals surface area (Å²) in [6, 6.07) is 4.81. The topological polar surface area (TPSA) is 46.5 Å². The van der Waals surface area contributed by atoms with Crippen molar-refractivity contribution in [3.05, 3.63) is 48.1 Å². The molecule has 0 aromatic heterocycles. The molecule has 3 nitrogen and oxygen atoms in total. The largest absolute Gasteiger partial charge is 0.507 e. The summed E-state index contributed by atoms with van der Waals surface area (Å²) < 4.78 is 5.27. The molecule has 3 heteroatoms. The van der Waals surface area contributed by atoms with E-state index in [9.17, 15) is 9.90 Å². The molecule has 1 unspecified atom stereocenters. The van der Waals surface area contributed by atoms with Crippen LogP contribution in [0, 0.1) is 5.92 Å². The van der Waals surface area contributed by atoms with Gasteiger partial charge in [-0.15, -0.1) is 0 Å². The molecule has 0 saturated carbocycles. The van der Waals surface area contributed by atoms with Crippen molar-refractivity contribution in [3.63, 3.8) is 0 Å². The Hall–Kier alpha value is -2.03. The first-order chi connectivity index (χ1) is 8.72. The molecule has 1 aliphatic rings. The summed E-state index contributed by atoms with van der Waals surface area (Å²) in [5, 5.41) is 9.88. The Labute approximate surface area is 106 Å². The molecule has 94 valence electrons. The van der Waals surface area contributed by atoms with Crippen LogP contribution in [-0.2, 0) is 0 Å². The molecule has 0 aliphatic heterocycles. The van der Waals surface area contributed by atoms with Crippen LogP contribution in [0.15, 0.2) is 42.5 Å². The molecular weight excluding hydrogens is 228 g/mol. The van der Waals surface area contributed by atoms with Crippen molar-refractivity contribution in [1.82, 2.24) is 0 Å². The van der Waals surface area contributed by atoms with Gasteiger partial charge in [-0.3, -0.25) is 4.79 Å². The minimum Gasteiger partial charge on any atom is -0.507 e. The average molecular weight is 244 g/mol. The molecule has 1 aromatic carbocycles. The van der Waals surface area contributed by atoms with Gasteiger partial charge in [0.1, 0.15) is 11.5 Å². The number of carbonyl (C=O) groups excluding carboxylic acids is 1. The Morgan fingerprint density at radius 1 is 1.44 bits per heavy atom. The second-order valence-corrected chi connectivity index (χ2v) is 4.13. The molecule has 0 heterocycles. The van der Waals surface area contributed by atoms with E-state index in [2.05, 4.69) is 0 Å². The molecule has 0 amide bonds. The van der Waals surface area contributed by atoms with Crippen LogP contribution in [0.3, 0.4) is 0 Å². The van der Waals surface area contributed by atoms with Crippen LogP contribution < -0.4 is 4.74 Å². The van der Waals surface area contributed by atoms with Crippen molar-refractivity contribution < 1.29 is 14.6 Å². The SMILES string of the molecule is CCOc1ccc(C(=O)C2C=CC=CC2)c(O)c1. The first kappa shape index (κ1) is 12.4. The number of carbonyl (C=O) groups is 1. The second kappa shape index (κ2) is 5.54. The fraction of sp³-hybridized carbons (Fsp3) is 0.267. The van der Waals surface area contributed by atoms with Gasteiger partial charge in [-0.2, -0.15) is 0 Å². The number of hydrogen-bond acceptors (Lipinski definition) is 3. The monoisotopic (exact) mass is 244 g/mol. The lowest BCUT2D eigenvalue weighted by atomic mass is 9.91. The van der Waals surface area contributed by atoms with Gasteiger partial charge >= 0.3 is 0 Å². The molecule has 0 fully saturated rings. The number of ether oxygens (including phenoxy) is 1. The van der Waals surface area contributed by atoms with Crippen molar-refractivity contribution in [2.24, 2.45) is 5.92 Å². The van der Waals surface area contributed by atoms with E-state index in [4.69, 9.17) is 4.74 Å². The summed E-state index contributed by atoms with van der Waals surface area (Å²) in [7, 11) is 0. The van der Waals surface area contributed by atoms with Gasteiger partial charge in [0, 0.05) is 12.0 Å². The number of ketones is 1. The molecule has 1 aromatic rings. The van der Waals surface area contributed by atoms with Crippen LogP contribution in [0.25, 0.3) is 0 Å². The molecular formula is C15H16O3. The van der Waals surface area contributed by atoms with E-state index in [1.54, 1.807) is 12.1 Å². The minimum absolute atomic E-state index is 0.0195. The molecule has 18 heavy (non-hydrogen) atoms. The number of Topliss-reactive ketones (excluding diaryl/α,β-unsaturated/α-hetero) is 1. The molecule has 2 rings (SSSR count). The van der Waals surface area contributed by atoms with Crippen LogP contribution >= 0.6 is 0 Å². The highest BCUT2D eigenvalue weighted by Crippen LogP contribution is 2.27. The first-order valence-corrected chi connectivity index (χ1v) is 6.05. The lowest BCUT2D eigenvalue weighted by Gasteiger charge is -2.13. The third kappa shape index (κ3) is 2.62. The van der Waals surface area contributed by atoms with Crippen LogP contribution in [-0.4, -0.2) is 17.5 Å². The Morgan fingerprint density at radius 2 is 2.28 bits per heavy atom. The summed E-state index contributed by atoms with van der Waals surface area (Å²) in [6.45, 7) is 2.40. The van der Waals surface area contributed by atoms with Gasteiger partial charge in [0.05, 0.1) is 12.2 Å². The zero-order valence-corrected chi connectivity index (χ0v) is 10.3. The van der Waals surface area contributed by atoms with Crippen molar-refractivity contribution >= 4 is 5.78 Å². The lowest BCUT2D eigenvalue weighted by molar-refractivity contribution is 0.0943. The lowest BCUT2D eigenvalue weighted by Crippen LogP contribution is -2.13. The van der Waals surface area contributed by atoms with E-state index in [1.807, 2.05) is 31.2 Å². The summed E-state index contributed by atoms with van der Waals surface area (Å²) in [6.07, 6.45) is 8.27. The predicted molar refractivity (Wildman–Crippen MR) is 70.0 cm³/mol. The van der Waals surface area contributed by atoms with Gasteiger partial charge in [0.2, 0.25) is 0 Å². The molecule has 1 aliphatic carbocycles. The molecule has 0 spiro atoms. The fourth-order valence-electron chi connectivity index (χ4n) is 1.95. The number of benzene rings is 1. The van der Waals surface area contributed by atoms with E-state index in [0.29, 0.717) is 24.3 Å². The Bertz CT molecular complexity index is 500.